The van der Waals surface area contributed by atoms with Crippen molar-refractivity contribution in [3.63, 3.8) is 0 Å². The van der Waals surface area contributed by atoms with Gasteiger partial charge in [0, 0.05) is 26.2 Å². The summed E-state index contributed by atoms with van der Waals surface area (Å²) in [4.78, 5) is 13.9. The van der Waals surface area contributed by atoms with E-state index in [1.165, 1.54) is 15.3 Å². The number of halogens is 1. The number of carbonyl (C=O) groups excluding carboxylic acids is 1. The Morgan fingerprint density at radius 2 is 1.58 bits per heavy atom. The predicted molar refractivity (Wildman–Crippen MR) is 82.7 cm³/mol. The number of ether oxygens (including phenoxy) is 2. The molecule has 132 valence electrons. The van der Waals surface area contributed by atoms with Crippen LogP contribution in [0.5, 0.6) is 0 Å². The highest BCUT2D eigenvalue weighted by molar-refractivity contribution is 7.89. The van der Waals surface area contributed by atoms with Crippen molar-refractivity contribution in [2.45, 2.75) is 4.90 Å². The summed E-state index contributed by atoms with van der Waals surface area (Å²) in [6, 6.07) is 3.34. The van der Waals surface area contributed by atoms with E-state index in [0.717, 1.165) is 12.1 Å². The fraction of sp³-hybridized carbons (Fsp3) is 0.533. The van der Waals surface area contributed by atoms with E-state index in [-0.39, 0.29) is 23.5 Å². The van der Waals surface area contributed by atoms with Crippen LogP contribution in [-0.4, -0.2) is 76.1 Å². The summed E-state index contributed by atoms with van der Waals surface area (Å²) >= 11 is 0. The molecule has 2 saturated heterocycles. The molecule has 2 aliphatic heterocycles. The fourth-order valence-electron chi connectivity index (χ4n) is 2.70. The second-order valence-electron chi connectivity index (χ2n) is 5.56. The van der Waals surface area contributed by atoms with E-state index in [1.807, 2.05) is 0 Å². The van der Waals surface area contributed by atoms with Crippen LogP contribution in [0.4, 0.5) is 4.39 Å². The van der Waals surface area contributed by atoms with Crippen molar-refractivity contribution in [3.8, 4) is 0 Å². The first-order chi connectivity index (χ1) is 11.5. The van der Waals surface area contributed by atoms with Crippen molar-refractivity contribution < 1.29 is 27.1 Å². The Labute approximate surface area is 140 Å². The minimum Gasteiger partial charge on any atom is -0.379 e. The van der Waals surface area contributed by atoms with Crippen molar-refractivity contribution in [1.29, 1.82) is 0 Å². The van der Waals surface area contributed by atoms with Gasteiger partial charge in [-0.15, -0.1) is 0 Å². The molecule has 0 radical (unpaired) electrons. The molecule has 0 spiro atoms. The van der Waals surface area contributed by atoms with E-state index < -0.39 is 21.7 Å². The molecule has 24 heavy (non-hydrogen) atoms. The number of sulfonamides is 1. The lowest BCUT2D eigenvalue weighted by atomic mass is 10.2. The third-order valence-corrected chi connectivity index (χ3v) is 5.97. The Kier molecular flexibility index (Phi) is 5.14. The zero-order valence-electron chi connectivity index (χ0n) is 13.1. The molecule has 1 aromatic carbocycles. The van der Waals surface area contributed by atoms with Crippen LogP contribution < -0.4 is 0 Å². The van der Waals surface area contributed by atoms with Crippen LogP contribution in [0, 0.1) is 5.82 Å². The predicted octanol–water partition coefficient (Wildman–Crippen LogP) is 0.319. The molecule has 3 rings (SSSR count). The van der Waals surface area contributed by atoms with E-state index in [9.17, 15) is 17.6 Å². The summed E-state index contributed by atoms with van der Waals surface area (Å²) in [5, 5.41) is 0. The van der Waals surface area contributed by atoms with Crippen LogP contribution in [0.15, 0.2) is 23.1 Å². The van der Waals surface area contributed by atoms with Crippen LogP contribution in [0.2, 0.25) is 0 Å². The van der Waals surface area contributed by atoms with Crippen LogP contribution in [0.25, 0.3) is 0 Å². The zero-order chi connectivity index (χ0) is 17.2. The molecule has 2 heterocycles. The largest absolute Gasteiger partial charge is 0.379 e. The summed E-state index contributed by atoms with van der Waals surface area (Å²) in [6.45, 7) is 2.62. The van der Waals surface area contributed by atoms with Crippen molar-refractivity contribution in [3.05, 3.63) is 29.6 Å². The maximum Gasteiger partial charge on any atom is 0.257 e. The number of hydrogen-bond donors (Lipinski definition) is 0. The second kappa shape index (κ2) is 7.14. The number of amides is 1. The van der Waals surface area contributed by atoms with Gasteiger partial charge >= 0.3 is 0 Å². The SMILES string of the molecule is O=C(c1cc(S(=O)(=O)N2CCOCC2)ccc1F)N1CCOCC1. The number of benzene rings is 1. The minimum absolute atomic E-state index is 0.0811. The van der Waals surface area contributed by atoms with Crippen molar-refractivity contribution in [2.24, 2.45) is 0 Å². The highest BCUT2D eigenvalue weighted by Crippen LogP contribution is 2.21. The van der Waals surface area contributed by atoms with Crippen LogP contribution >= 0.6 is 0 Å². The van der Waals surface area contributed by atoms with Gasteiger partial charge in [0.05, 0.1) is 36.9 Å². The lowest BCUT2D eigenvalue weighted by molar-refractivity contribution is 0.0299. The molecule has 0 N–H and O–H groups in total. The van der Waals surface area contributed by atoms with Crippen LogP contribution in [0.3, 0.4) is 0 Å². The van der Waals surface area contributed by atoms with Crippen LogP contribution in [-0.2, 0) is 19.5 Å². The fourth-order valence-corrected chi connectivity index (χ4v) is 4.14. The lowest BCUT2D eigenvalue weighted by Gasteiger charge is -2.28. The number of morpholine rings is 2. The number of carbonyl (C=O) groups is 1. The Bertz CT molecular complexity index is 713. The molecule has 1 aromatic rings. The van der Waals surface area contributed by atoms with E-state index in [1.54, 1.807) is 0 Å². The monoisotopic (exact) mass is 358 g/mol. The van der Waals surface area contributed by atoms with Gasteiger partial charge in [0.1, 0.15) is 5.82 Å². The molecule has 0 bridgehead atoms. The molecule has 0 atom stereocenters. The third-order valence-electron chi connectivity index (χ3n) is 4.07. The number of hydrogen-bond acceptors (Lipinski definition) is 5. The van der Waals surface area contributed by atoms with E-state index in [0.29, 0.717) is 39.5 Å². The molecule has 9 heteroatoms. The van der Waals surface area contributed by atoms with Crippen molar-refractivity contribution >= 4 is 15.9 Å². The van der Waals surface area contributed by atoms with Gasteiger partial charge in [0.2, 0.25) is 10.0 Å². The average molecular weight is 358 g/mol. The van der Waals surface area contributed by atoms with Gasteiger partial charge in [0.25, 0.3) is 5.91 Å². The minimum atomic E-state index is -3.77. The summed E-state index contributed by atoms with van der Waals surface area (Å²) < 4.78 is 51.0. The number of nitrogens with zero attached hydrogens (tertiary/aromatic N) is 2. The van der Waals surface area contributed by atoms with Crippen LogP contribution in [0.1, 0.15) is 10.4 Å². The normalized spacial score (nSPS) is 20.1. The van der Waals surface area contributed by atoms with Gasteiger partial charge in [-0.05, 0) is 18.2 Å². The molecule has 0 unspecified atom stereocenters. The topological polar surface area (TPSA) is 76.2 Å². The second-order valence-corrected chi connectivity index (χ2v) is 7.50. The van der Waals surface area contributed by atoms with Gasteiger partial charge in [-0.3, -0.25) is 4.79 Å². The van der Waals surface area contributed by atoms with E-state index in [2.05, 4.69) is 0 Å². The molecule has 2 fully saturated rings. The highest BCUT2D eigenvalue weighted by Gasteiger charge is 2.29. The Balaban J connectivity index is 1.89. The maximum absolute atomic E-state index is 14.1. The van der Waals surface area contributed by atoms with Crippen molar-refractivity contribution in [2.75, 3.05) is 52.6 Å². The quantitative estimate of drug-likeness (QED) is 0.778. The molecule has 1 amide bonds. The van der Waals surface area contributed by atoms with Gasteiger partial charge in [0.15, 0.2) is 0 Å². The van der Waals surface area contributed by atoms with Gasteiger partial charge in [-0.2, -0.15) is 4.31 Å². The molecule has 0 aliphatic carbocycles. The maximum atomic E-state index is 14.1. The first-order valence-electron chi connectivity index (χ1n) is 7.74. The van der Waals surface area contributed by atoms with Crippen molar-refractivity contribution in [1.82, 2.24) is 9.21 Å². The first-order valence-corrected chi connectivity index (χ1v) is 9.18. The molecular weight excluding hydrogens is 339 g/mol. The van der Waals surface area contributed by atoms with Gasteiger partial charge in [-0.1, -0.05) is 0 Å². The standard InChI is InChI=1S/C15H19FN2O5S/c16-14-2-1-12(24(20,21)18-5-9-23-10-6-18)11-13(14)15(19)17-3-7-22-8-4-17/h1-2,11H,3-10H2. The lowest BCUT2D eigenvalue weighted by Crippen LogP contribution is -2.42. The summed E-state index contributed by atoms with van der Waals surface area (Å²) in [5.74, 6) is -1.25. The summed E-state index contributed by atoms with van der Waals surface area (Å²) in [7, 11) is -3.77. The highest BCUT2D eigenvalue weighted by atomic mass is 32.2. The van der Waals surface area contributed by atoms with E-state index >= 15 is 0 Å². The Morgan fingerprint density at radius 3 is 2.21 bits per heavy atom. The Morgan fingerprint density at radius 1 is 1.00 bits per heavy atom. The summed E-state index contributed by atoms with van der Waals surface area (Å²) in [6.07, 6.45) is 0. The van der Waals surface area contributed by atoms with Gasteiger partial charge < -0.3 is 14.4 Å². The molecule has 0 saturated carbocycles. The summed E-state index contributed by atoms with van der Waals surface area (Å²) in [5.41, 5.74) is -0.230. The first kappa shape index (κ1) is 17.3. The number of rotatable bonds is 3. The van der Waals surface area contributed by atoms with Gasteiger partial charge in [-0.25, -0.2) is 12.8 Å². The average Bonchev–Trinajstić information content (AvgIpc) is 2.63. The zero-order valence-corrected chi connectivity index (χ0v) is 13.9. The molecule has 0 aromatic heterocycles. The smallest absolute Gasteiger partial charge is 0.257 e. The molecule has 7 nitrogen and oxygen atoms in total. The third kappa shape index (κ3) is 3.44. The molecule has 2 aliphatic rings. The van der Waals surface area contributed by atoms with E-state index in [4.69, 9.17) is 9.47 Å². The molecular formula is C15H19FN2O5S. The Hall–Kier alpha value is -1.55.